The summed E-state index contributed by atoms with van der Waals surface area (Å²) in [6, 6.07) is 24.4. The molecule has 34 heavy (non-hydrogen) atoms. The van der Waals surface area contributed by atoms with Gasteiger partial charge >= 0.3 is 0 Å². The third kappa shape index (κ3) is 4.96. The average molecular weight is 457 g/mol. The summed E-state index contributed by atoms with van der Waals surface area (Å²) < 4.78 is 11.2. The van der Waals surface area contributed by atoms with E-state index in [9.17, 15) is 9.59 Å². The topological polar surface area (TPSA) is 67.9 Å². The first-order valence-corrected chi connectivity index (χ1v) is 11.4. The van der Waals surface area contributed by atoms with E-state index in [1.807, 2.05) is 73.7 Å². The van der Waals surface area contributed by atoms with Crippen LogP contribution in [-0.4, -0.2) is 37.0 Å². The second-order valence-corrected chi connectivity index (χ2v) is 7.95. The lowest BCUT2D eigenvalue weighted by Gasteiger charge is -2.15. The van der Waals surface area contributed by atoms with Crippen LogP contribution in [0.4, 0.5) is 5.69 Å². The third-order valence-corrected chi connectivity index (χ3v) is 5.59. The summed E-state index contributed by atoms with van der Waals surface area (Å²) in [6.45, 7) is 2.92. The average Bonchev–Trinajstić information content (AvgIpc) is 3.10. The van der Waals surface area contributed by atoms with E-state index in [4.69, 9.17) is 9.47 Å². The Hall–Kier alpha value is -4.06. The standard InChI is InChI=1S/C28H28N2O4/c1-3-18-34-22-13-9-12-21(19-22)29-26-25(23-14-7-8-15-24(23)33-2)27(31)30(28(26)32)17-16-20-10-5-4-6-11-20/h4-15,19,29H,3,16-18H2,1-2H3. The molecule has 1 N–H and O–H groups in total. The number of benzene rings is 3. The predicted octanol–water partition coefficient (Wildman–Crippen LogP) is 4.92. The van der Waals surface area contributed by atoms with Crippen molar-refractivity contribution < 1.29 is 19.1 Å². The van der Waals surface area contributed by atoms with Crippen LogP contribution in [0.3, 0.4) is 0 Å². The van der Waals surface area contributed by atoms with Crippen LogP contribution in [0.5, 0.6) is 11.5 Å². The number of methoxy groups -OCH3 is 1. The molecular formula is C28H28N2O4. The number of imide groups is 1. The first-order valence-electron chi connectivity index (χ1n) is 11.4. The molecule has 0 bridgehead atoms. The summed E-state index contributed by atoms with van der Waals surface area (Å²) in [5.74, 6) is 0.528. The van der Waals surface area contributed by atoms with E-state index in [1.54, 1.807) is 19.2 Å². The van der Waals surface area contributed by atoms with Crippen molar-refractivity contribution in [1.29, 1.82) is 0 Å². The fraction of sp³-hybridized carbons (Fsp3) is 0.214. The van der Waals surface area contributed by atoms with E-state index >= 15 is 0 Å². The number of carbonyl (C=O) groups is 2. The molecule has 0 fully saturated rings. The van der Waals surface area contributed by atoms with Gasteiger partial charge in [-0.3, -0.25) is 14.5 Å². The highest BCUT2D eigenvalue weighted by molar-refractivity contribution is 6.37. The van der Waals surface area contributed by atoms with Gasteiger partial charge in [0.25, 0.3) is 11.8 Å². The molecule has 2 amide bonds. The van der Waals surface area contributed by atoms with Gasteiger partial charge in [-0.2, -0.15) is 0 Å². The van der Waals surface area contributed by atoms with E-state index < -0.39 is 0 Å². The molecule has 0 radical (unpaired) electrons. The summed E-state index contributed by atoms with van der Waals surface area (Å²) in [4.78, 5) is 28.3. The molecule has 3 aromatic carbocycles. The first-order chi connectivity index (χ1) is 16.6. The van der Waals surface area contributed by atoms with E-state index in [2.05, 4.69) is 5.32 Å². The molecule has 1 heterocycles. The highest BCUT2D eigenvalue weighted by Gasteiger charge is 2.40. The number of hydrogen-bond donors (Lipinski definition) is 1. The molecule has 4 rings (SSSR count). The van der Waals surface area contributed by atoms with Gasteiger partial charge < -0.3 is 14.8 Å². The smallest absolute Gasteiger partial charge is 0.278 e. The van der Waals surface area contributed by atoms with Crippen molar-refractivity contribution >= 4 is 23.1 Å². The number of ether oxygens (including phenoxy) is 2. The number of nitrogens with zero attached hydrogens (tertiary/aromatic N) is 1. The van der Waals surface area contributed by atoms with Crippen LogP contribution in [0.15, 0.2) is 84.6 Å². The minimum atomic E-state index is -0.360. The monoisotopic (exact) mass is 456 g/mol. The molecule has 6 heteroatoms. The van der Waals surface area contributed by atoms with Crippen LogP contribution in [-0.2, 0) is 16.0 Å². The van der Waals surface area contributed by atoms with Gasteiger partial charge in [0, 0.05) is 23.9 Å². The fourth-order valence-corrected chi connectivity index (χ4v) is 3.91. The summed E-state index contributed by atoms with van der Waals surface area (Å²) in [6.07, 6.45) is 1.47. The second-order valence-electron chi connectivity index (χ2n) is 7.95. The zero-order valence-electron chi connectivity index (χ0n) is 19.4. The molecule has 174 valence electrons. The normalized spacial score (nSPS) is 13.4. The quantitative estimate of drug-likeness (QED) is 0.439. The van der Waals surface area contributed by atoms with Crippen LogP contribution in [0.25, 0.3) is 5.57 Å². The summed E-state index contributed by atoms with van der Waals surface area (Å²) in [5.41, 5.74) is 2.84. The van der Waals surface area contributed by atoms with Crippen LogP contribution in [0.1, 0.15) is 24.5 Å². The van der Waals surface area contributed by atoms with Gasteiger partial charge in [-0.05, 0) is 36.6 Å². The number of para-hydroxylation sites is 1. The Bertz CT molecular complexity index is 1200. The highest BCUT2D eigenvalue weighted by Crippen LogP contribution is 2.35. The van der Waals surface area contributed by atoms with E-state index in [-0.39, 0.29) is 24.1 Å². The van der Waals surface area contributed by atoms with E-state index in [0.29, 0.717) is 41.4 Å². The Kier molecular flexibility index (Phi) is 7.28. The Morgan fingerprint density at radius 1 is 0.882 bits per heavy atom. The van der Waals surface area contributed by atoms with Crippen LogP contribution in [0.2, 0.25) is 0 Å². The number of carbonyl (C=O) groups excluding carboxylic acids is 2. The molecule has 0 unspecified atom stereocenters. The maximum Gasteiger partial charge on any atom is 0.278 e. The number of amides is 2. The Morgan fingerprint density at radius 3 is 2.41 bits per heavy atom. The van der Waals surface area contributed by atoms with E-state index in [1.165, 1.54) is 4.90 Å². The molecule has 0 aliphatic carbocycles. The largest absolute Gasteiger partial charge is 0.496 e. The van der Waals surface area contributed by atoms with Crippen LogP contribution >= 0.6 is 0 Å². The van der Waals surface area contributed by atoms with Gasteiger partial charge in [-0.15, -0.1) is 0 Å². The van der Waals surface area contributed by atoms with Crippen molar-refractivity contribution in [2.75, 3.05) is 25.6 Å². The third-order valence-electron chi connectivity index (χ3n) is 5.59. The first kappa shape index (κ1) is 23.1. The summed E-state index contributed by atoms with van der Waals surface area (Å²) in [7, 11) is 1.55. The van der Waals surface area contributed by atoms with Gasteiger partial charge in [0.1, 0.15) is 17.2 Å². The lowest BCUT2D eigenvalue weighted by molar-refractivity contribution is -0.136. The molecular weight excluding hydrogens is 428 g/mol. The molecule has 0 atom stereocenters. The number of hydrogen-bond acceptors (Lipinski definition) is 5. The molecule has 0 aromatic heterocycles. The minimum absolute atomic E-state index is 0.232. The molecule has 3 aromatic rings. The van der Waals surface area contributed by atoms with Gasteiger partial charge in [0.15, 0.2) is 0 Å². The Balaban J connectivity index is 1.68. The van der Waals surface area contributed by atoms with E-state index in [0.717, 1.165) is 12.0 Å². The second kappa shape index (κ2) is 10.7. The Morgan fingerprint density at radius 2 is 1.65 bits per heavy atom. The van der Waals surface area contributed by atoms with Gasteiger partial charge in [-0.1, -0.05) is 61.5 Å². The van der Waals surface area contributed by atoms with Gasteiger partial charge in [0.2, 0.25) is 0 Å². The van der Waals surface area contributed by atoms with Crippen LogP contribution < -0.4 is 14.8 Å². The maximum absolute atomic E-state index is 13.5. The fourth-order valence-electron chi connectivity index (χ4n) is 3.91. The van der Waals surface area contributed by atoms with Gasteiger partial charge in [-0.25, -0.2) is 0 Å². The lowest BCUT2D eigenvalue weighted by atomic mass is 10.0. The van der Waals surface area contributed by atoms with Crippen LogP contribution in [0, 0.1) is 0 Å². The summed E-state index contributed by atoms with van der Waals surface area (Å²) >= 11 is 0. The molecule has 0 saturated heterocycles. The van der Waals surface area contributed by atoms with Crippen molar-refractivity contribution in [3.05, 3.63) is 95.7 Å². The molecule has 0 saturated carbocycles. The van der Waals surface area contributed by atoms with Crippen molar-refractivity contribution in [2.45, 2.75) is 19.8 Å². The van der Waals surface area contributed by atoms with Crippen molar-refractivity contribution in [3.63, 3.8) is 0 Å². The molecule has 1 aliphatic heterocycles. The molecule has 0 spiro atoms. The number of anilines is 1. The van der Waals surface area contributed by atoms with Crippen molar-refractivity contribution in [1.82, 2.24) is 4.90 Å². The number of nitrogens with one attached hydrogen (secondary N) is 1. The molecule has 1 aliphatic rings. The zero-order valence-corrected chi connectivity index (χ0v) is 19.4. The lowest BCUT2D eigenvalue weighted by Crippen LogP contribution is -2.34. The Labute approximate surface area is 199 Å². The van der Waals surface area contributed by atoms with Crippen molar-refractivity contribution in [2.24, 2.45) is 0 Å². The predicted molar refractivity (Wildman–Crippen MR) is 133 cm³/mol. The molecule has 6 nitrogen and oxygen atoms in total. The van der Waals surface area contributed by atoms with Crippen molar-refractivity contribution in [3.8, 4) is 11.5 Å². The zero-order chi connectivity index (χ0) is 23.9. The van der Waals surface area contributed by atoms with Gasteiger partial charge in [0.05, 0.1) is 19.3 Å². The highest BCUT2D eigenvalue weighted by atomic mass is 16.5. The number of rotatable bonds is 10. The SMILES string of the molecule is CCCOc1cccc(NC2=C(c3ccccc3OC)C(=O)N(CCc3ccccc3)C2=O)c1. The minimum Gasteiger partial charge on any atom is -0.496 e. The summed E-state index contributed by atoms with van der Waals surface area (Å²) in [5, 5.41) is 3.20. The maximum atomic E-state index is 13.5.